The molecule has 0 aliphatic carbocycles. The molecule has 124 valence electrons. The Hall–Kier alpha value is -3.05. The second kappa shape index (κ2) is 6.83. The van der Waals surface area contributed by atoms with Gasteiger partial charge in [-0.1, -0.05) is 47.7 Å². The van der Waals surface area contributed by atoms with Gasteiger partial charge in [0.25, 0.3) is 5.91 Å². The van der Waals surface area contributed by atoms with Crippen LogP contribution in [0.1, 0.15) is 21.5 Å². The molecule has 1 aliphatic rings. The summed E-state index contributed by atoms with van der Waals surface area (Å²) in [5.74, 6) is -0.114. The van der Waals surface area contributed by atoms with Crippen LogP contribution in [0.5, 0.6) is 0 Å². The van der Waals surface area contributed by atoms with Gasteiger partial charge in [-0.25, -0.2) is 4.40 Å². The molecule has 5 heteroatoms. The van der Waals surface area contributed by atoms with Gasteiger partial charge >= 0.3 is 0 Å². The van der Waals surface area contributed by atoms with Crippen molar-refractivity contribution in [3.63, 3.8) is 0 Å². The summed E-state index contributed by atoms with van der Waals surface area (Å²) in [4.78, 5) is 15.6. The van der Waals surface area contributed by atoms with Gasteiger partial charge < -0.3 is 4.98 Å². The maximum atomic E-state index is 12.5. The van der Waals surface area contributed by atoms with Gasteiger partial charge in [0.05, 0.1) is 0 Å². The third kappa shape index (κ3) is 3.41. The number of benzene rings is 2. The van der Waals surface area contributed by atoms with Crippen molar-refractivity contribution in [2.45, 2.75) is 0 Å². The van der Waals surface area contributed by atoms with Gasteiger partial charge in [0.15, 0.2) is 0 Å². The fraction of sp³-hybridized carbons (Fsp3) is 0. The first-order valence-corrected chi connectivity index (χ1v) is 9.31. The highest BCUT2D eigenvalue weighted by atomic mass is 32.2. The Morgan fingerprint density at radius 3 is 2.52 bits per heavy atom. The summed E-state index contributed by atoms with van der Waals surface area (Å²) < 4.78 is 7.50. The van der Waals surface area contributed by atoms with Crippen LogP contribution < -0.4 is 4.72 Å². The Kier molecular flexibility index (Phi) is 4.23. The third-order valence-electron chi connectivity index (χ3n) is 3.98. The van der Waals surface area contributed by atoms with Gasteiger partial charge in [-0.05, 0) is 46.9 Å². The van der Waals surface area contributed by atoms with E-state index in [-0.39, 0.29) is 5.91 Å². The lowest BCUT2D eigenvalue weighted by Crippen LogP contribution is -2.18. The number of aromatic nitrogens is 1. The Morgan fingerprint density at radius 1 is 0.960 bits per heavy atom. The van der Waals surface area contributed by atoms with Gasteiger partial charge in [-0.2, -0.15) is 0 Å². The summed E-state index contributed by atoms with van der Waals surface area (Å²) in [6.45, 7) is 0. The molecule has 1 aliphatic heterocycles. The topological polar surface area (TPSA) is 57.2 Å². The Labute approximate surface area is 148 Å². The molecule has 2 N–H and O–H groups in total. The molecular formula is C20H17N3OS. The maximum absolute atomic E-state index is 12.5. The van der Waals surface area contributed by atoms with Crippen LogP contribution in [0.2, 0.25) is 0 Å². The number of aromatic amines is 1. The van der Waals surface area contributed by atoms with Crippen molar-refractivity contribution in [2.75, 3.05) is 0 Å². The molecule has 0 radical (unpaired) electrons. The van der Waals surface area contributed by atoms with Crippen LogP contribution in [0.4, 0.5) is 0 Å². The number of amides is 1. The van der Waals surface area contributed by atoms with E-state index in [2.05, 4.69) is 14.1 Å². The summed E-state index contributed by atoms with van der Waals surface area (Å²) in [5, 5.41) is 1.96. The monoisotopic (exact) mass is 347 g/mol. The van der Waals surface area contributed by atoms with Crippen molar-refractivity contribution >= 4 is 29.5 Å². The average molecular weight is 347 g/mol. The molecule has 4 rings (SSSR count). The Bertz CT molecular complexity index is 910. The smallest absolute Gasteiger partial charge is 0.261 e. The molecule has 1 amide bonds. The first-order chi connectivity index (χ1) is 12.3. The number of carbonyl (C=O) groups excluding carboxylic acids is 1. The molecule has 4 nitrogen and oxygen atoms in total. The maximum Gasteiger partial charge on any atom is 0.261 e. The normalized spacial score (nSPS) is 16.9. The lowest BCUT2D eigenvalue weighted by Gasteiger charge is -2.13. The number of hydrogen-bond donors (Lipinski definition) is 3. The first-order valence-electron chi connectivity index (χ1n) is 7.95. The second-order valence-corrected chi connectivity index (χ2v) is 7.08. The minimum absolute atomic E-state index is 0.114. The van der Waals surface area contributed by atoms with E-state index in [9.17, 15) is 4.79 Å². The van der Waals surface area contributed by atoms with E-state index in [0.717, 1.165) is 22.4 Å². The van der Waals surface area contributed by atoms with Gasteiger partial charge in [-0.3, -0.25) is 9.52 Å². The van der Waals surface area contributed by atoms with Gasteiger partial charge in [-0.15, -0.1) is 0 Å². The van der Waals surface area contributed by atoms with E-state index in [1.165, 1.54) is 0 Å². The van der Waals surface area contributed by atoms with Crippen molar-refractivity contribution < 1.29 is 4.79 Å². The minimum Gasteiger partial charge on any atom is -0.361 e. The predicted octanol–water partition coefficient (Wildman–Crippen LogP) is 4.35. The number of nitrogens with zero attached hydrogens (tertiary/aromatic N) is 1. The van der Waals surface area contributed by atoms with E-state index in [0.29, 0.717) is 5.56 Å². The number of rotatable bonds is 3. The lowest BCUT2D eigenvalue weighted by molar-refractivity contribution is 0.0984. The number of carbonyl (C=O) groups is 1. The summed E-state index contributed by atoms with van der Waals surface area (Å²) in [7, 11) is 0. The van der Waals surface area contributed by atoms with E-state index in [1.54, 1.807) is 0 Å². The van der Waals surface area contributed by atoms with Gasteiger partial charge in [0.1, 0.15) is 0 Å². The average Bonchev–Trinajstić information content (AvgIpc) is 3.12. The van der Waals surface area contributed by atoms with Crippen molar-refractivity contribution in [3.8, 4) is 11.3 Å². The van der Waals surface area contributed by atoms with E-state index in [4.69, 9.17) is 0 Å². The summed E-state index contributed by atoms with van der Waals surface area (Å²) in [5.41, 5.74) is 4.89. The van der Waals surface area contributed by atoms with Crippen molar-refractivity contribution in [1.29, 1.82) is 0 Å². The van der Waals surface area contributed by atoms with Gasteiger partial charge in [0.2, 0.25) is 0 Å². The number of fused-ring (bicyclic) bond motifs is 1. The molecule has 1 aromatic heterocycles. The molecule has 2 aromatic carbocycles. The van der Waals surface area contributed by atoms with E-state index >= 15 is 0 Å². The van der Waals surface area contributed by atoms with E-state index in [1.807, 2.05) is 84.6 Å². The molecule has 0 saturated carbocycles. The van der Waals surface area contributed by atoms with Crippen LogP contribution in [-0.2, 0) is 0 Å². The molecule has 0 spiro atoms. The highest BCUT2D eigenvalue weighted by molar-refractivity contribution is 8.17. The first kappa shape index (κ1) is 15.5. The lowest BCUT2D eigenvalue weighted by atomic mass is 10.1. The molecule has 25 heavy (non-hydrogen) atoms. The summed E-state index contributed by atoms with van der Waals surface area (Å²) in [6.07, 6.45) is 5.73. The van der Waals surface area contributed by atoms with Gasteiger partial charge in [0, 0.05) is 29.2 Å². The second-order valence-electron chi connectivity index (χ2n) is 5.64. The zero-order valence-corrected chi connectivity index (χ0v) is 14.3. The number of thiol groups is 1. The zero-order valence-electron chi connectivity index (χ0n) is 13.4. The summed E-state index contributed by atoms with van der Waals surface area (Å²) in [6, 6.07) is 19.5. The molecule has 0 bridgehead atoms. The number of hydrogen-bond acceptors (Lipinski definition) is 2. The van der Waals surface area contributed by atoms with Crippen molar-refractivity contribution in [1.82, 2.24) is 9.71 Å². The SMILES string of the molecule is O=C(N[SH]1C=Cc2ccccc2C=N1)c1ccc(-c2ccc[nH]2)cc1. The fourth-order valence-corrected chi connectivity index (χ4v) is 3.74. The van der Waals surface area contributed by atoms with Crippen LogP contribution in [0.25, 0.3) is 17.3 Å². The summed E-state index contributed by atoms with van der Waals surface area (Å²) >= 11 is -1.07. The van der Waals surface area contributed by atoms with Crippen LogP contribution in [0.15, 0.2) is 76.7 Å². The Balaban J connectivity index is 1.47. The van der Waals surface area contributed by atoms with Crippen LogP contribution >= 0.6 is 11.3 Å². The fourth-order valence-electron chi connectivity index (χ4n) is 2.64. The van der Waals surface area contributed by atoms with Crippen LogP contribution in [-0.4, -0.2) is 17.1 Å². The van der Waals surface area contributed by atoms with E-state index < -0.39 is 11.3 Å². The van der Waals surface area contributed by atoms with Crippen molar-refractivity contribution in [3.05, 3.63) is 89.0 Å². The molecule has 1 unspecified atom stereocenters. The molecule has 0 saturated heterocycles. The third-order valence-corrected chi connectivity index (χ3v) is 5.21. The standard InChI is InChI=1S/C20H17N3OS/c24-20(17-9-7-16(8-10-17)19-6-3-12-21-19)23-25-13-11-15-4-1-2-5-18(15)14-22-25/h1-14,21,25H,(H,23,24). The molecule has 3 aromatic rings. The minimum atomic E-state index is -1.07. The highest BCUT2D eigenvalue weighted by Crippen LogP contribution is 2.29. The molecule has 1 atom stereocenters. The number of nitrogens with one attached hydrogen (secondary N) is 2. The largest absolute Gasteiger partial charge is 0.361 e. The highest BCUT2D eigenvalue weighted by Gasteiger charge is 2.10. The molecular weight excluding hydrogens is 330 g/mol. The molecule has 0 fully saturated rings. The van der Waals surface area contributed by atoms with Crippen LogP contribution in [0, 0.1) is 0 Å². The predicted molar refractivity (Wildman–Crippen MR) is 106 cm³/mol. The van der Waals surface area contributed by atoms with Crippen molar-refractivity contribution in [2.24, 2.45) is 4.40 Å². The molecule has 2 heterocycles. The number of H-pyrrole nitrogens is 1. The zero-order chi connectivity index (χ0) is 17.1. The van der Waals surface area contributed by atoms with Crippen LogP contribution in [0.3, 0.4) is 0 Å². The Morgan fingerprint density at radius 2 is 1.76 bits per heavy atom. The quantitative estimate of drug-likeness (QED) is 0.606.